The molecule has 0 aliphatic carbocycles. The standard InChI is InChI=1S/C27H21F3N4O5/c1-15-7-3-4-8-16(15)14-34-22(35)18-9-5-6-10-19(18)26(34,39-23(36)27(28,29)30)17-11-12-20-21(13-17)32-24(31-20)33-25(37)38-2/h3-13H,14H2,1-2H3,(H2,31,32,33,37). The number of nitrogens with one attached hydrogen (secondary N) is 2. The summed E-state index contributed by atoms with van der Waals surface area (Å²) in [5.74, 6) is -3.05. The van der Waals surface area contributed by atoms with Crippen molar-refractivity contribution >= 4 is 35.0 Å². The molecular formula is C27H21F3N4O5. The second kappa shape index (κ2) is 9.46. The number of carbonyl (C=O) groups excluding carboxylic acids is 3. The van der Waals surface area contributed by atoms with Crippen molar-refractivity contribution in [2.75, 3.05) is 12.4 Å². The van der Waals surface area contributed by atoms with Crippen LogP contribution in [0.25, 0.3) is 11.0 Å². The van der Waals surface area contributed by atoms with Gasteiger partial charge in [-0.05, 0) is 36.2 Å². The number of benzene rings is 3. The van der Waals surface area contributed by atoms with Gasteiger partial charge in [-0.3, -0.25) is 15.0 Å². The Labute approximate surface area is 219 Å². The van der Waals surface area contributed by atoms with Gasteiger partial charge in [0.15, 0.2) is 0 Å². The number of fused-ring (bicyclic) bond motifs is 2. The number of amides is 2. The maximum Gasteiger partial charge on any atom is 0.491 e. The molecule has 12 heteroatoms. The average Bonchev–Trinajstić information content (AvgIpc) is 3.41. The van der Waals surface area contributed by atoms with Crippen LogP contribution in [0.1, 0.15) is 32.6 Å². The van der Waals surface area contributed by atoms with Crippen LogP contribution < -0.4 is 5.32 Å². The Morgan fingerprint density at radius 2 is 1.79 bits per heavy atom. The van der Waals surface area contributed by atoms with Crippen molar-refractivity contribution in [3.63, 3.8) is 0 Å². The highest BCUT2D eigenvalue weighted by Gasteiger charge is 2.57. The van der Waals surface area contributed by atoms with E-state index >= 15 is 0 Å². The highest BCUT2D eigenvalue weighted by molar-refractivity contribution is 6.01. The lowest BCUT2D eigenvalue weighted by atomic mass is 9.92. The molecule has 3 aromatic carbocycles. The third kappa shape index (κ3) is 4.43. The van der Waals surface area contributed by atoms with E-state index in [4.69, 9.17) is 4.74 Å². The number of H-pyrrole nitrogens is 1. The number of imidazole rings is 1. The monoisotopic (exact) mass is 538 g/mol. The van der Waals surface area contributed by atoms with Crippen LogP contribution in [0.5, 0.6) is 0 Å². The molecule has 1 unspecified atom stereocenters. The van der Waals surface area contributed by atoms with E-state index in [-0.39, 0.29) is 29.2 Å². The van der Waals surface area contributed by atoms with Crippen LogP contribution in [-0.4, -0.2) is 46.1 Å². The molecule has 0 bridgehead atoms. The third-order valence-electron chi connectivity index (χ3n) is 6.49. The summed E-state index contributed by atoms with van der Waals surface area (Å²) in [6.45, 7) is 1.65. The van der Waals surface area contributed by atoms with Crippen LogP contribution in [0, 0.1) is 6.92 Å². The van der Waals surface area contributed by atoms with E-state index in [1.165, 1.54) is 37.4 Å². The summed E-state index contributed by atoms with van der Waals surface area (Å²) in [4.78, 5) is 46.0. The molecule has 1 aliphatic rings. The number of aryl methyl sites for hydroxylation is 1. The second-order valence-electron chi connectivity index (χ2n) is 8.83. The quantitative estimate of drug-likeness (QED) is 0.346. The first-order valence-corrected chi connectivity index (χ1v) is 11.7. The zero-order valence-electron chi connectivity index (χ0n) is 20.6. The van der Waals surface area contributed by atoms with E-state index in [0.717, 1.165) is 10.5 Å². The molecule has 9 nitrogen and oxygen atoms in total. The van der Waals surface area contributed by atoms with E-state index in [9.17, 15) is 27.6 Å². The number of aromatic amines is 1. The normalized spacial score (nSPS) is 16.7. The molecule has 0 fully saturated rings. The minimum absolute atomic E-state index is 0.0231. The maximum absolute atomic E-state index is 13.7. The van der Waals surface area contributed by atoms with Crippen molar-refractivity contribution in [1.29, 1.82) is 0 Å². The van der Waals surface area contributed by atoms with Crippen LogP contribution in [0.2, 0.25) is 0 Å². The van der Waals surface area contributed by atoms with Gasteiger partial charge in [-0.25, -0.2) is 14.6 Å². The molecule has 2 amide bonds. The van der Waals surface area contributed by atoms with Gasteiger partial charge in [-0.1, -0.05) is 48.5 Å². The zero-order valence-corrected chi connectivity index (χ0v) is 20.6. The first kappa shape index (κ1) is 25.8. The number of hydrogen-bond acceptors (Lipinski definition) is 6. The van der Waals surface area contributed by atoms with Crippen molar-refractivity contribution in [3.8, 4) is 0 Å². The molecule has 5 rings (SSSR count). The maximum atomic E-state index is 13.7. The lowest BCUT2D eigenvalue weighted by Gasteiger charge is -2.39. The van der Waals surface area contributed by atoms with Crippen LogP contribution in [0.4, 0.5) is 23.9 Å². The Bertz CT molecular complexity index is 1620. The Kier molecular flexibility index (Phi) is 6.25. The van der Waals surface area contributed by atoms with Crippen LogP contribution in [0.3, 0.4) is 0 Å². The van der Waals surface area contributed by atoms with E-state index in [1.807, 2.05) is 0 Å². The number of methoxy groups -OCH3 is 1. The lowest BCUT2D eigenvalue weighted by Crippen LogP contribution is -2.49. The Morgan fingerprint density at radius 3 is 2.51 bits per heavy atom. The highest BCUT2D eigenvalue weighted by atomic mass is 19.4. The van der Waals surface area contributed by atoms with Gasteiger partial charge >= 0.3 is 18.2 Å². The first-order valence-electron chi connectivity index (χ1n) is 11.7. The number of aromatic nitrogens is 2. The van der Waals surface area contributed by atoms with Gasteiger partial charge in [-0.15, -0.1) is 0 Å². The Balaban J connectivity index is 1.73. The molecule has 0 saturated heterocycles. The molecule has 0 radical (unpaired) electrons. The number of rotatable bonds is 5. The first-order chi connectivity index (χ1) is 18.5. The fourth-order valence-electron chi connectivity index (χ4n) is 4.64. The minimum Gasteiger partial charge on any atom is -0.453 e. The molecule has 2 heterocycles. The van der Waals surface area contributed by atoms with Crippen LogP contribution in [-0.2, 0) is 26.5 Å². The summed E-state index contributed by atoms with van der Waals surface area (Å²) < 4.78 is 50.8. The van der Waals surface area contributed by atoms with Crippen molar-refractivity contribution in [3.05, 3.63) is 94.5 Å². The van der Waals surface area contributed by atoms with Gasteiger partial charge in [0.05, 0.1) is 24.7 Å². The molecule has 39 heavy (non-hydrogen) atoms. The smallest absolute Gasteiger partial charge is 0.453 e. The fraction of sp³-hybridized carbons (Fsp3) is 0.185. The molecule has 1 atom stereocenters. The van der Waals surface area contributed by atoms with E-state index in [2.05, 4.69) is 20.0 Å². The largest absolute Gasteiger partial charge is 0.491 e. The van der Waals surface area contributed by atoms with Gasteiger partial charge < -0.3 is 14.5 Å². The number of ether oxygens (including phenoxy) is 2. The summed E-state index contributed by atoms with van der Waals surface area (Å²) in [5, 5.41) is 2.38. The van der Waals surface area contributed by atoms with Gasteiger partial charge in [0.2, 0.25) is 11.7 Å². The predicted octanol–water partition coefficient (Wildman–Crippen LogP) is 5.01. The number of carbonyl (C=O) groups is 3. The summed E-state index contributed by atoms with van der Waals surface area (Å²) in [5.41, 5.74) is 0.0646. The SMILES string of the molecule is COC(=O)Nc1nc2ccc(C3(OC(=O)C(F)(F)F)c4ccccc4C(=O)N3Cc3ccccc3C)cc2[nH]1. The van der Waals surface area contributed by atoms with Crippen molar-refractivity contribution < 1.29 is 37.0 Å². The average molecular weight is 538 g/mol. The number of esters is 1. The Hall–Kier alpha value is -4.87. The van der Waals surface area contributed by atoms with Crippen LogP contribution in [0.15, 0.2) is 66.7 Å². The summed E-state index contributed by atoms with van der Waals surface area (Å²) >= 11 is 0. The number of halogens is 3. The summed E-state index contributed by atoms with van der Waals surface area (Å²) in [6.07, 6.45) is -6.12. The Morgan fingerprint density at radius 1 is 1.08 bits per heavy atom. The molecule has 1 aliphatic heterocycles. The lowest BCUT2D eigenvalue weighted by molar-refractivity contribution is -0.222. The summed E-state index contributed by atoms with van der Waals surface area (Å²) in [7, 11) is 1.17. The molecule has 4 aromatic rings. The number of alkyl halides is 3. The van der Waals surface area contributed by atoms with Crippen molar-refractivity contribution in [2.24, 2.45) is 0 Å². The van der Waals surface area contributed by atoms with E-state index in [0.29, 0.717) is 16.6 Å². The molecule has 200 valence electrons. The highest BCUT2D eigenvalue weighted by Crippen LogP contribution is 2.47. The van der Waals surface area contributed by atoms with Crippen molar-refractivity contribution in [1.82, 2.24) is 14.9 Å². The van der Waals surface area contributed by atoms with E-state index < -0.39 is 29.9 Å². The molecule has 2 N–H and O–H groups in total. The van der Waals surface area contributed by atoms with E-state index in [1.54, 1.807) is 43.3 Å². The molecule has 0 saturated carbocycles. The van der Waals surface area contributed by atoms with Crippen LogP contribution >= 0.6 is 0 Å². The van der Waals surface area contributed by atoms with Crippen molar-refractivity contribution in [2.45, 2.75) is 25.4 Å². The predicted molar refractivity (Wildman–Crippen MR) is 133 cm³/mol. The van der Waals surface area contributed by atoms with Gasteiger partial charge in [0.1, 0.15) is 0 Å². The summed E-state index contributed by atoms with van der Waals surface area (Å²) in [6, 6.07) is 17.5. The van der Waals surface area contributed by atoms with Gasteiger partial charge in [-0.2, -0.15) is 13.2 Å². The topological polar surface area (TPSA) is 114 Å². The molecule has 1 aromatic heterocycles. The number of hydrogen-bond donors (Lipinski definition) is 2. The third-order valence-corrected chi connectivity index (χ3v) is 6.49. The van der Waals surface area contributed by atoms with Gasteiger partial charge in [0.25, 0.3) is 5.91 Å². The molecular weight excluding hydrogens is 517 g/mol. The number of nitrogens with zero attached hydrogens (tertiary/aromatic N) is 2. The molecule has 0 spiro atoms. The second-order valence-corrected chi connectivity index (χ2v) is 8.83. The number of anilines is 1. The fourth-order valence-corrected chi connectivity index (χ4v) is 4.64. The minimum atomic E-state index is -5.34. The van der Waals surface area contributed by atoms with Gasteiger partial charge in [0, 0.05) is 16.7 Å². The zero-order chi connectivity index (χ0) is 27.9.